The molecule has 3 N–H and O–H groups in total. The van der Waals surface area contributed by atoms with Crippen LogP contribution in [0.15, 0.2) is 17.3 Å². The maximum absolute atomic E-state index is 10.9. The van der Waals surface area contributed by atoms with E-state index in [1.54, 1.807) is 0 Å². The number of cyclic esters (lactones) is 1. The third kappa shape index (κ3) is 1.78. The minimum absolute atomic E-state index is 0.352. The van der Waals surface area contributed by atoms with E-state index in [4.69, 9.17) is 10.2 Å². The second-order valence-electron chi connectivity index (χ2n) is 2.68. The fourth-order valence-electron chi connectivity index (χ4n) is 1.08. The summed E-state index contributed by atoms with van der Waals surface area (Å²) in [6, 6.07) is 0. The molecule has 1 aliphatic heterocycles. The summed E-state index contributed by atoms with van der Waals surface area (Å²) in [7, 11) is 1.13. The second-order valence-corrected chi connectivity index (χ2v) is 2.68. The van der Waals surface area contributed by atoms with Crippen LogP contribution in [0.5, 0.6) is 0 Å². The Hall–Kier alpha value is -1.98. The smallest absolute Gasteiger partial charge is 0.378 e. The van der Waals surface area contributed by atoms with Crippen LogP contribution in [-0.2, 0) is 19.1 Å². The van der Waals surface area contributed by atoms with Gasteiger partial charge in [0.15, 0.2) is 23.9 Å². The van der Waals surface area contributed by atoms with Crippen LogP contribution >= 0.6 is 0 Å². The number of carbonyl (C=O) groups excluding carboxylic acids is 2. The quantitative estimate of drug-likeness (QED) is 0.313. The lowest BCUT2D eigenvalue weighted by molar-refractivity contribution is -0.146. The van der Waals surface area contributed by atoms with Gasteiger partial charge in [0, 0.05) is 0 Å². The lowest BCUT2D eigenvalue weighted by atomic mass is 10.1. The number of esters is 1. The predicted molar refractivity (Wildman–Crippen MR) is 44.4 cm³/mol. The summed E-state index contributed by atoms with van der Waals surface area (Å²) in [4.78, 5) is 20.9. The van der Waals surface area contributed by atoms with Crippen LogP contribution in [0.2, 0.25) is 0 Å². The van der Waals surface area contributed by atoms with E-state index < -0.39 is 29.7 Å². The van der Waals surface area contributed by atoms with Gasteiger partial charge in [-0.25, -0.2) is 9.59 Å². The van der Waals surface area contributed by atoms with Crippen molar-refractivity contribution < 1.29 is 34.4 Å². The van der Waals surface area contributed by atoms with Gasteiger partial charge in [-0.15, -0.1) is 0 Å². The minimum atomic E-state index is -1.81. The molecule has 15 heavy (non-hydrogen) atoms. The third-order valence-electron chi connectivity index (χ3n) is 1.81. The highest BCUT2D eigenvalue weighted by Crippen LogP contribution is 2.25. The van der Waals surface area contributed by atoms with Crippen LogP contribution in [0.3, 0.4) is 0 Å². The van der Waals surface area contributed by atoms with Crippen LogP contribution in [0.25, 0.3) is 0 Å². The number of methoxy groups -OCH3 is 1. The average molecular weight is 216 g/mol. The maximum atomic E-state index is 10.9. The molecule has 0 saturated heterocycles. The normalized spacial score (nSPS) is 22.0. The van der Waals surface area contributed by atoms with E-state index in [0.717, 1.165) is 13.1 Å². The molecule has 0 aromatic carbocycles. The Balaban J connectivity index is 3.00. The number of hydrogen-bond donors (Lipinski definition) is 3. The zero-order valence-corrected chi connectivity index (χ0v) is 7.63. The monoisotopic (exact) mass is 216 g/mol. The highest BCUT2D eigenvalue weighted by Gasteiger charge is 2.42. The fraction of sp³-hybridized carbons (Fsp3) is 0.375. The van der Waals surface area contributed by atoms with Crippen molar-refractivity contribution in [1.82, 2.24) is 0 Å². The predicted octanol–water partition coefficient (Wildman–Crippen LogP) is -1.04. The Morgan fingerprint density at radius 2 is 2.27 bits per heavy atom. The summed E-state index contributed by atoms with van der Waals surface area (Å²) in [6.07, 6.45) is -3.25. The summed E-state index contributed by atoms with van der Waals surface area (Å²) in [6.45, 7) is 0. The molecule has 7 nitrogen and oxygen atoms in total. The molecule has 7 heteroatoms. The van der Waals surface area contributed by atoms with Crippen molar-refractivity contribution in [3.63, 3.8) is 0 Å². The van der Waals surface area contributed by atoms with Crippen molar-refractivity contribution in [1.29, 1.82) is 0 Å². The first-order chi connectivity index (χ1) is 7.02. The number of aliphatic hydroxyl groups is 3. The Morgan fingerprint density at radius 1 is 1.67 bits per heavy atom. The van der Waals surface area contributed by atoms with Crippen molar-refractivity contribution in [3.8, 4) is 0 Å². The standard InChI is InChI=1S/C8H8O7/c1-14-6-5(12)8(13)15-7(6)4(11)3(10)2-9/h4,7,10-12H,1H3/t4-,7+/m0/s1. The van der Waals surface area contributed by atoms with Gasteiger partial charge in [-0.1, -0.05) is 0 Å². The van der Waals surface area contributed by atoms with Gasteiger partial charge < -0.3 is 24.8 Å². The third-order valence-corrected chi connectivity index (χ3v) is 1.81. The molecule has 0 saturated carbocycles. The number of aliphatic hydroxyl groups excluding tert-OH is 3. The molecule has 0 aromatic rings. The number of ether oxygens (including phenoxy) is 2. The maximum Gasteiger partial charge on any atom is 0.378 e. The van der Waals surface area contributed by atoms with Crippen molar-refractivity contribution >= 4 is 11.9 Å². The largest absolute Gasteiger partial charge is 0.500 e. The lowest BCUT2D eigenvalue weighted by Crippen LogP contribution is -2.31. The summed E-state index contributed by atoms with van der Waals surface area (Å²) < 4.78 is 9.06. The number of carbonyl (C=O) groups is 1. The molecule has 0 spiro atoms. The molecule has 1 aliphatic rings. The summed E-state index contributed by atoms with van der Waals surface area (Å²) in [5.41, 5.74) is 0. The van der Waals surface area contributed by atoms with E-state index in [2.05, 4.69) is 9.47 Å². The SMILES string of the molecule is COC1=C(O)C(=O)O[C@@H]1[C@@H](O)C(O)=C=O. The molecule has 0 bridgehead atoms. The van der Waals surface area contributed by atoms with E-state index in [1.807, 2.05) is 0 Å². The number of hydrogen-bond acceptors (Lipinski definition) is 7. The molecule has 2 atom stereocenters. The van der Waals surface area contributed by atoms with Crippen LogP contribution in [0.4, 0.5) is 0 Å². The summed E-state index contributed by atoms with van der Waals surface area (Å²) in [5.74, 6) is -2.27. The van der Waals surface area contributed by atoms with Gasteiger partial charge in [0.2, 0.25) is 11.5 Å². The Labute approximate surface area is 83.8 Å². The van der Waals surface area contributed by atoms with E-state index in [9.17, 15) is 14.7 Å². The zero-order valence-electron chi connectivity index (χ0n) is 7.63. The van der Waals surface area contributed by atoms with E-state index in [-0.39, 0.29) is 5.76 Å². The molecule has 0 radical (unpaired) electrons. The van der Waals surface area contributed by atoms with Crippen molar-refractivity contribution in [2.45, 2.75) is 12.2 Å². The van der Waals surface area contributed by atoms with E-state index in [1.165, 1.54) is 0 Å². The first-order valence-electron chi connectivity index (χ1n) is 3.83. The van der Waals surface area contributed by atoms with Gasteiger partial charge in [-0.05, 0) is 0 Å². The molecular formula is C8H8O7. The molecule has 82 valence electrons. The molecule has 1 rings (SSSR count). The minimum Gasteiger partial charge on any atom is -0.500 e. The second kappa shape index (κ2) is 4.04. The average Bonchev–Trinajstić information content (AvgIpc) is 2.53. The van der Waals surface area contributed by atoms with E-state index >= 15 is 0 Å². The molecule has 0 aliphatic carbocycles. The topological polar surface area (TPSA) is 113 Å². The molecular weight excluding hydrogens is 208 g/mol. The van der Waals surface area contributed by atoms with Crippen LogP contribution in [0.1, 0.15) is 0 Å². The summed E-state index contributed by atoms with van der Waals surface area (Å²) in [5, 5.41) is 27.3. The first-order valence-corrected chi connectivity index (χ1v) is 3.83. The van der Waals surface area contributed by atoms with Crippen LogP contribution in [0, 0.1) is 0 Å². The Bertz CT molecular complexity index is 363. The van der Waals surface area contributed by atoms with Gasteiger partial charge in [0.25, 0.3) is 0 Å². The molecule has 0 fully saturated rings. The van der Waals surface area contributed by atoms with Gasteiger partial charge in [-0.2, -0.15) is 0 Å². The summed E-state index contributed by atoms with van der Waals surface area (Å²) >= 11 is 0. The molecule has 0 amide bonds. The Kier molecular flexibility index (Phi) is 2.99. The highest BCUT2D eigenvalue weighted by molar-refractivity contribution is 5.89. The Morgan fingerprint density at radius 3 is 2.73 bits per heavy atom. The van der Waals surface area contributed by atoms with E-state index in [0.29, 0.717) is 0 Å². The zero-order chi connectivity index (χ0) is 11.6. The number of rotatable bonds is 3. The van der Waals surface area contributed by atoms with Gasteiger partial charge >= 0.3 is 5.97 Å². The lowest BCUT2D eigenvalue weighted by Gasteiger charge is -2.16. The molecule has 1 heterocycles. The van der Waals surface area contributed by atoms with Gasteiger partial charge in [0.1, 0.15) is 0 Å². The van der Waals surface area contributed by atoms with Crippen molar-refractivity contribution in [2.24, 2.45) is 0 Å². The molecule has 0 unspecified atom stereocenters. The van der Waals surface area contributed by atoms with Gasteiger partial charge in [0.05, 0.1) is 7.11 Å². The van der Waals surface area contributed by atoms with Crippen LogP contribution < -0.4 is 0 Å². The molecule has 0 aromatic heterocycles. The first kappa shape index (κ1) is 11.1. The van der Waals surface area contributed by atoms with Crippen LogP contribution in [-0.4, -0.2) is 46.5 Å². The van der Waals surface area contributed by atoms with Gasteiger partial charge in [-0.3, -0.25) is 0 Å². The van der Waals surface area contributed by atoms with Crippen molar-refractivity contribution in [2.75, 3.05) is 7.11 Å². The fourth-order valence-corrected chi connectivity index (χ4v) is 1.08. The highest BCUT2D eigenvalue weighted by atomic mass is 16.6. The van der Waals surface area contributed by atoms with Crippen molar-refractivity contribution in [3.05, 3.63) is 17.3 Å².